The quantitative estimate of drug-likeness (QED) is 0.476. The molecule has 0 aromatic heterocycles. The lowest BCUT2D eigenvalue weighted by Gasteiger charge is -2.10. The van der Waals surface area contributed by atoms with Gasteiger partial charge >= 0.3 is 0 Å². The molecule has 7 nitrogen and oxygen atoms in total. The van der Waals surface area contributed by atoms with Crippen LogP contribution in [0.4, 0.5) is 5.69 Å². The first kappa shape index (κ1) is 22.5. The van der Waals surface area contributed by atoms with Crippen molar-refractivity contribution in [3.8, 4) is 11.5 Å². The Bertz CT molecular complexity index is 932. The maximum atomic E-state index is 12.0. The molecule has 9 heteroatoms. The van der Waals surface area contributed by atoms with Gasteiger partial charge in [-0.3, -0.25) is 9.59 Å². The SMILES string of the molecule is COc1ccc(/C(C)=N\NC(=O)CCC(=O)Nc2ccc(Cl)cc2Cl)c(OC)c1. The number of carbonyl (C=O) groups excluding carboxylic acids is 2. The van der Waals surface area contributed by atoms with Gasteiger partial charge in [0.15, 0.2) is 0 Å². The molecular formula is C20H21Cl2N3O4. The monoisotopic (exact) mass is 437 g/mol. The van der Waals surface area contributed by atoms with E-state index in [2.05, 4.69) is 15.8 Å². The van der Waals surface area contributed by atoms with Crippen LogP contribution in [0.25, 0.3) is 0 Å². The molecule has 2 aromatic carbocycles. The number of nitrogens with zero attached hydrogens (tertiary/aromatic N) is 1. The lowest BCUT2D eigenvalue weighted by atomic mass is 10.1. The predicted molar refractivity (Wildman–Crippen MR) is 114 cm³/mol. The number of rotatable bonds is 8. The molecule has 29 heavy (non-hydrogen) atoms. The smallest absolute Gasteiger partial charge is 0.240 e. The molecule has 0 aliphatic carbocycles. The fraction of sp³-hybridized carbons (Fsp3) is 0.250. The number of ether oxygens (including phenoxy) is 2. The van der Waals surface area contributed by atoms with Crippen LogP contribution < -0.4 is 20.2 Å². The summed E-state index contributed by atoms with van der Waals surface area (Å²) in [7, 11) is 3.10. The highest BCUT2D eigenvalue weighted by Crippen LogP contribution is 2.26. The van der Waals surface area contributed by atoms with Gasteiger partial charge in [-0.25, -0.2) is 5.43 Å². The third-order valence-corrected chi connectivity index (χ3v) is 4.48. The third kappa shape index (κ3) is 6.66. The minimum Gasteiger partial charge on any atom is -0.497 e. The van der Waals surface area contributed by atoms with Crippen LogP contribution in [0.5, 0.6) is 11.5 Å². The summed E-state index contributed by atoms with van der Waals surface area (Å²) in [4.78, 5) is 24.0. The van der Waals surface area contributed by atoms with Crippen LogP contribution in [0, 0.1) is 0 Å². The summed E-state index contributed by atoms with van der Waals surface area (Å²) in [6, 6.07) is 10.0. The van der Waals surface area contributed by atoms with Gasteiger partial charge in [-0.15, -0.1) is 0 Å². The van der Waals surface area contributed by atoms with E-state index in [-0.39, 0.29) is 18.7 Å². The van der Waals surface area contributed by atoms with Gasteiger partial charge in [0.25, 0.3) is 0 Å². The Morgan fingerprint density at radius 3 is 2.38 bits per heavy atom. The molecule has 2 N–H and O–H groups in total. The number of methoxy groups -OCH3 is 2. The Morgan fingerprint density at radius 1 is 1.00 bits per heavy atom. The van der Waals surface area contributed by atoms with Crippen LogP contribution in [-0.2, 0) is 9.59 Å². The summed E-state index contributed by atoms with van der Waals surface area (Å²) >= 11 is 11.8. The second-order valence-corrected chi connectivity index (χ2v) is 6.81. The number of halogens is 2. The molecule has 0 spiro atoms. The molecule has 0 aliphatic heterocycles. The molecule has 2 aromatic rings. The summed E-state index contributed by atoms with van der Waals surface area (Å²) in [6.45, 7) is 1.74. The van der Waals surface area contributed by atoms with Gasteiger partial charge in [0.2, 0.25) is 11.8 Å². The van der Waals surface area contributed by atoms with Crippen molar-refractivity contribution in [2.45, 2.75) is 19.8 Å². The van der Waals surface area contributed by atoms with Gasteiger partial charge in [0.1, 0.15) is 11.5 Å². The zero-order chi connectivity index (χ0) is 21.4. The molecule has 0 fully saturated rings. The van der Waals surface area contributed by atoms with Crippen molar-refractivity contribution in [1.82, 2.24) is 5.43 Å². The zero-order valence-electron chi connectivity index (χ0n) is 16.2. The molecule has 2 rings (SSSR count). The van der Waals surface area contributed by atoms with Crippen molar-refractivity contribution in [1.29, 1.82) is 0 Å². The first-order valence-corrected chi connectivity index (χ1v) is 9.40. The number of nitrogens with one attached hydrogen (secondary N) is 2. The second-order valence-electron chi connectivity index (χ2n) is 5.97. The lowest BCUT2D eigenvalue weighted by Crippen LogP contribution is -2.22. The topological polar surface area (TPSA) is 89.0 Å². The van der Waals surface area contributed by atoms with E-state index in [0.717, 1.165) is 0 Å². The van der Waals surface area contributed by atoms with E-state index >= 15 is 0 Å². The largest absolute Gasteiger partial charge is 0.497 e. The predicted octanol–water partition coefficient (Wildman–Crippen LogP) is 4.27. The summed E-state index contributed by atoms with van der Waals surface area (Å²) in [5.74, 6) is 0.476. The van der Waals surface area contributed by atoms with Crippen LogP contribution in [0.15, 0.2) is 41.5 Å². The van der Waals surface area contributed by atoms with E-state index in [1.165, 1.54) is 13.2 Å². The zero-order valence-corrected chi connectivity index (χ0v) is 17.7. The van der Waals surface area contributed by atoms with Crippen LogP contribution in [0.2, 0.25) is 10.0 Å². The molecule has 0 heterocycles. The first-order chi connectivity index (χ1) is 13.8. The summed E-state index contributed by atoms with van der Waals surface area (Å²) in [5.41, 5.74) is 4.13. The highest BCUT2D eigenvalue weighted by Gasteiger charge is 2.11. The van der Waals surface area contributed by atoms with Crippen LogP contribution in [0.3, 0.4) is 0 Å². The fourth-order valence-electron chi connectivity index (χ4n) is 2.39. The van der Waals surface area contributed by atoms with E-state index in [9.17, 15) is 9.59 Å². The number of hydrogen-bond acceptors (Lipinski definition) is 5. The van der Waals surface area contributed by atoms with Gasteiger partial charge in [0.05, 0.1) is 30.6 Å². The van der Waals surface area contributed by atoms with Crippen LogP contribution >= 0.6 is 23.2 Å². The highest BCUT2D eigenvalue weighted by atomic mass is 35.5. The summed E-state index contributed by atoms with van der Waals surface area (Å²) in [6.07, 6.45) is -0.0568. The number of benzene rings is 2. The minimum atomic E-state index is -0.394. The van der Waals surface area contributed by atoms with Crippen molar-refractivity contribution in [3.05, 3.63) is 52.0 Å². The molecule has 154 valence electrons. The Balaban J connectivity index is 1.89. The van der Waals surface area contributed by atoms with E-state index in [4.69, 9.17) is 32.7 Å². The van der Waals surface area contributed by atoms with Crippen molar-refractivity contribution >= 4 is 46.4 Å². The van der Waals surface area contributed by atoms with E-state index in [1.807, 2.05) is 0 Å². The Hall–Kier alpha value is -2.77. The average molecular weight is 438 g/mol. The number of hydrazone groups is 1. The van der Waals surface area contributed by atoms with E-state index in [1.54, 1.807) is 44.4 Å². The van der Waals surface area contributed by atoms with Crippen molar-refractivity contribution in [3.63, 3.8) is 0 Å². The molecule has 0 unspecified atom stereocenters. The summed E-state index contributed by atoms with van der Waals surface area (Å²) < 4.78 is 10.5. The average Bonchev–Trinajstić information content (AvgIpc) is 2.71. The molecule has 2 amide bonds. The van der Waals surface area contributed by atoms with Crippen molar-refractivity contribution < 1.29 is 19.1 Å². The third-order valence-electron chi connectivity index (χ3n) is 3.93. The number of anilines is 1. The van der Waals surface area contributed by atoms with Crippen LogP contribution in [-0.4, -0.2) is 31.7 Å². The normalized spacial score (nSPS) is 11.0. The fourth-order valence-corrected chi connectivity index (χ4v) is 2.85. The molecule has 0 atom stereocenters. The van der Waals surface area contributed by atoms with Gasteiger partial charge < -0.3 is 14.8 Å². The number of carbonyl (C=O) groups is 2. The summed E-state index contributed by atoms with van der Waals surface area (Å²) in [5, 5.41) is 7.50. The number of amides is 2. The molecule has 0 aliphatic rings. The lowest BCUT2D eigenvalue weighted by molar-refractivity contribution is -0.124. The van der Waals surface area contributed by atoms with Crippen LogP contribution in [0.1, 0.15) is 25.3 Å². The maximum absolute atomic E-state index is 12.0. The molecule has 0 radical (unpaired) electrons. The Morgan fingerprint density at radius 2 is 1.72 bits per heavy atom. The Labute approximate surface area is 179 Å². The minimum absolute atomic E-state index is 0.0226. The molecule has 0 saturated heterocycles. The number of hydrogen-bond donors (Lipinski definition) is 2. The van der Waals surface area contributed by atoms with Gasteiger partial charge in [-0.2, -0.15) is 5.10 Å². The van der Waals surface area contributed by atoms with Gasteiger partial charge in [0, 0.05) is 29.5 Å². The van der Waals surface area contributed by atoms with E-state index in [0.29, 0.717) is 38.5 Å². The second kappa shape index (κ2) is 10.7. The highest BCUT2D eigenvalue weighted by molar-refractivity contribution is 6.36. The maximum Gasteiger partial charge on any atom is 0.240 e. The Kier molecular flexibility index (Phi) is 8.30. The van der Waals surface area contributed by atoms with Crippen molar-refractivity contribution in [2.24, 2.45) is 5.10 Å². The molecule has 0 bridgehead atoms. The standard InChI is InChI=1S/C20H21Cl2N3O4/c1-12(15-6-5-14(28-2)11-18(15)29-3)24-25-20(27)9-8-19(26)23-17-7-4-13(21)10-16(17)22/h4-7,10-11H,8-9H2,1-3H3,(H,23,26)(H,25,27)/b24-12-. The van der Waals surface area contributed by atoms with Crippen molar-refractivity contribution in [2.75, 3.05) is 19.5 Å². The van der Waals surface area contributed by atoms with E-state index < -0.39 is 5.91 Å². The van der Waals surface area contributed by atoms with Gasteiger partial charge in [-0.1, -0.05) is 23.2 Å². The molecular weight excluding hydrogens is 417 g/mol. The molecule has 0 saturated carbocycles. The van der Waals surface area contributed by atoms with Gasteiger partial charge in [-0.05, 0) is 37.3 Å². The first-order valence-electron chi connectivity index (χ1n) is 8.64.